The average Bonchev–Trinajstić information content (AvgIpc) is 2.65. The number of amides is 2. The predicted molar refractivity (Wildman–Crippen MR) is 114 cm³/mol. The maximum atomic E-state index is 12.0. The zero-order chi connectivity index (χ0) is 19.6. The molecule has 2 amide bonds. The van der Waals surface area contributed by atoms with Gasteiger partial charge in [-0.05, 0) is 49.6 Å². The number of hydrogen-bond acceptors (Lipinski definition) is 4. The van der Waals surface area contributed by atoms with Gasteiger partial charge in [-0.15, -0.1) is 12.4 Å². The second-order valence-corrected chi connectivity index (χ2v) is 6.47. The molecule has 0 bridgehead atoms. The molecule has 0 unspecified atom stereocenters. The minimum atomic E-state index is -0.529. The summed E-state index contributed by atoms with van der Waals surface area (Å²) in [5.41, 5.74) is 8.25. The molecule has 0 aromatic heterocycles. The van der Waals surface area contributed by atoms with Crippen molar-refractivity contribution in [1.82, 2.24) is 5.32 Å². The van der Waals surface area contributed by atoms with E-state index in [4.69, 9.17) is 10.5 Å². The van der Waals surface area contributed by atoms with Crippen LogP contribution >= 0.6 is 12.4 Å². The number of benzene rings is 2. The molecule has 0 spiro atoms. The van der Waals surface area contributed by atoms with Crippen molar-refractivity contribution in [3.63, 3.8) is 0 Å². The molecule has 7 heteroatoms. The second-order valence-electron chi connectivity index (χ2n) is 6.47. The second kappa shape index (κ2) is 12.0. The zero-order valence-electron chi connectivity index (χ0n) is 16.2. The van der Waals surface area contributed by atoms with Gasteiger partial charge in [0.15, 0.2) is 0 Å². The first-order valence-electron chi connectivity index (χ1n) is 9.06. The number of carbonyl (C=O) groups excluding carboxylic acids is 2. The lowest BCUT2D eigenvalue weighted by atomic mass is 10.2. The largest absolute Gasteiger partial charge is 0.493 e. The first-order valence-corrected chi connectivity index (χ1v) is 9.06. The van der Waals surface area contributed by atoms with Crippen molar-refractivity contribution in [2.45, 2.75) is 39.3 Å². The molecule has 0 saturated carbocycles. The Hall–Kier alpha value is -2.57. The fourth-order valence-electron chi connectivity index (χ4n) is 2.41. The van der Waals surface area contributed by atoms with Crippen molar-refractivity contribution < 1.29 is 14.3 Å². The Labute approximate surface area is 172 Å². The third-order valence-corrected chi connectivity index (χ3v) is 4.02. The molecule has 1 atom stereocenters. The van der Waals surface area contributed by atoms with E-state index in [1.54, 1.807) is 6.92 Å². The van der Waals surface area contributed by atoms with Crippen molar-refractivity contribution in [2.24, 2.45) is 5.73 Å². The number of nitrogens with one attached hydrogen (secondary N) is 2. The zero-order valence-corrected chi connectivity index (χ0v) is 17.1. The highest BCUT2D eigenvalue weighted by molar-refractivity contribution is 5.90. The number of hydrogen-bond donors (Lipinski definition) is 3. The summed E-state index contributed by atoms with van der Waals surface area (Å²) < 4.78 is 5.69. The van der Waals surface area contributed by atoms with E-state index < -0.39 is 6.04 Å². The van der Waals surface area contributed by atoms with Gasteiger partial charge in [0.25, 0.3) is 0 Å². The lowest BCUT2D eigenvalue weighted by Crippen LogP contribution is -2.37. The molecule has 6 nitrogen and oxygen atoms in total. The highest BCUT2D eigenvalue weighted by atomic mass is 35.5. The molecule has 0 heterocycles. The molecule has 152 valence electrons. The molecule has 0 fully saturated rings. The van der Waals surface area contributed by atoms with Crippen LogP contribution in [0.25, 0.3) is 0 Å². The summed E-state index contributed by atoms with van der Waals surface area (Å²) >= 11 is 0. The van der Waals surface area contributed by atoms with E-state index >= 15 is 0 Å². The summed E-state index contributed by atoms with van der Waals surface area (Å²) in [7, 11) is 0. The van der Waals surface area contributed by atoms with Crippen molar-refractivity contribution >= 4 is 29.9 Å². The number of nitrogens with two attached hydrogens (primary N) is 1. The Kier molecular flexibility index (Phi) is 10.1. The van der Waals surface area contributed by atoms with Crippen LogP contribution in [0.15, 0.2) is 48.5 Å². The maximum absolute atomic E-state index is 12.0. The number of carbonyl (C=O) groups is 2. The summed E-state index contributed by atoms with van der Waals surface area (Å²) in [6.07, 6.45) is 1.03. The summed E-state index contributed by atoms with van der Waals surface area (Å²) in [5.74, 6) is 0.603. The Morgan fingerprint density at radius 2 is 1.79 bits per heavy atom. The van der Waals surface area contributed by atoms with Gasteiger partial charge in [0.1, 0.15) is 5.75 Å². The molecule has 28 heavy (non-hydrogen) atoms. The van der Waals surface area contributed by atoms with Crippen LogP contribution in [0.2, 0.25) is 0 Å². The van der Waals surface area contributed by atoms with Gasteiger partial charge in [-0.2, -0.15) is 0 Å². The lowest BCUT2D eigenvalue weighted by Gasteiger charge is -2.10. The Morgan fingerprint density at radius 1 is 1.11 bits per heavy atom. The third kappa shape index (κ3) is 7.98. The number of aryl methyl sites for hydroxylation is 1. The number of rotatable bonds is 9. The first-order chi connectivity index (χ1) is 13.0. The van der Waals surface area contributed by atoms with Gasteiger partial charge in [0.05, 0.1) is 12.6 Å². The highest BCUT2D eigenvalue weighted by Gasteiger charge is 2.07. The van der Waals surface area contributed by atoms with E-state index in [0.717, 1.165) is 22.6 Å². The quantitative estimate of drug-likeness (QED) is 0.558. The van der Waals surface area contributed by atoms with Crippen LogP contribution < -0.4 is 21.1 Å². The summed E-state index contributed by atoms with van der Waals surface area (Å²) in [5, 5.41) is 5.61. The summed E-state index contributed by atoms with van der Waals surface area (Å²) in [6, 6.07) is 14.6. The lowest BCUT2D eigenvalue weighted by molar-refractivity contribution is -0.122. The fourth-order valence-corrected chi connectivity index (χ4v) is 2.41. The molecule has 0 radical (unpaired) electrons. The molecule has 2 rings (SSSR count). The van der Waals surface area contributed by atoms with E-state index in [0.29, 0.717) is 26.0 Å². The molecule has 0 saturated heterocycles. The van der Waals surface area contributed by atoms with Crippen LogP contribution in [0.3, 0.4) is 0 Å². The number of halogens is 1. The highest BCUT2D eigenvalue weighted by Crippen LogP contribution is 2.16. The van der Waals surface area contributed by atoms with Gasteiger partial charge in [-0.3, -0.25) is 9.59 Å². The van der Waals surface area contributed by atoms with Crippen LogP contribution in [-0.4, -0.2) is 24.5 Å². The number of para-hydroxylation sites is 1. The van der Waals surface area contributed by atoms with Gasteiger partial charge < -0.3 is 21.1 Å². The smallest absolute Gasteiger partial charge is 0.236 e. The molecule has 2 aromatic rings. The predicted octanol–water partition coefficient (Wildman–Crippen LogP) is 3.18. The molecule has 4 N–H and O–H groups in total. The van der Waals surface area contributed by atoms with Crippen LogP contribution in [0.4, 0.5) is 5.69 Å². The van der Waals surface area contributed by atoms with Gasteiger partial charge >= 0.3 is 0 Å². The van der Waals surface area contributed by atoms with Crippen molar-refractivity contribution in [2.75, 3.05) is 11.9 Å². The number of ether oxygens (including phenoxy) is 1. The monoisotopic (exact) mass is 405 g/mol. The average molecular weight is 406 g/mol. The molecular formula is C21H28ClN3O3. The van der Waals surface area contributed by atoms with Crippen LogP contribution in [-0.2, 0) is 16.1 Å². The third-order valence-electron chi connectivity index (χ3n) is 4.02. The number of anilines is 1. The van der Waals surface area contributed by atoms with E-state index in [1.165, 1.54) is 0 Å². The molecule has 0 aliphatic carbocycles. The van der Waals surface area contributed by atoms with Crippen LogP contribution in [0, 0.1) is 6.92 Å². The minimum absolute atomic E-state index is 0. The van der Waals surface area contributed by atoms with E-state index in [-0.39, 0.29) is 24.2 Å². The fraction of sp³-hybridized carbons (Fsp3) is 0.333. The van der Waals surface area contributed by atoms with Crippen molar-refractivity contribution in [3.8, 4) is 5.75 Å². The SMILES string of the molecule is Cc1ccccc1OCCCC(=O)Nc1ccc(CNC(=O)[C@H](C)N)cc1.Cl. The first kappa shape index (κ1) is 23.5. The Morgan fingerprint density at radius 3 is 2.43 bits per heavy atom. The van der Waals surface area contributed by atoms with Gasteiger partial charge in [0, 0.05) is 18.7 Å². The van der Waals surface area contributed by atoms with E-state index in [1.807, 2.05) is 55.5 Å². The van der Waals surface area contributed by atoms with Gasteiger partial charge in [0.2, 0.25) is 11.8 Å². The Bertz CT molecular complexity index is 764. The van der Waals surface area contributed by atoms with Crippen LogP contribution in [0.1, 0.15) is 30.9 Å². The van der Waals surface area contributed by atoms with E-state index in [2.05, 4.69) is 10.6 Å². The normalized spacial score (nSPS) is 11.1. The molecular weight excluding hydrogens is 378 g/mol. The maximum Gasteiger partial charge on any atom is 0.236 e. The summed E-state index contributed by atoms with van der Waals surface area (Å²) in [4.78, 5) is 23.5. The van der Waals surface area contributed by atoms with Gasteiger partial charge in [-0.1, -0.05) is 30.3 Å². The van der Waals surface area contributed by atoms with Crippen molar-refractivity contribution in [1.29, 1.82) is 0 Å². The van der Waals surface area contributed by atoms with Crippen LogP contribution in [0.5, 0.6) is 5.75 Å². The molecule has 0 aliphatic heterocycles. The topological polar surface area (TPSA) is 93.5 Å². The Balaban J connectivity index is 0.00000392. The standard InChI is InChI=1S/C21H27N3O3.ClH/c1-15-6-3-4-7-19(15)27-13-5-8-20(25)24-18-11-9-17(10-12-18)14-23-21(26)16(2)22;/h3-4,6-7,9-12,16H,5,8,13-14,22H2,1-2H3,(H,23,26)(H,24,25);1H/t16-;/m0./s1. The minimum Gasteiger partial charge on any atom is -0.493 e. The van der Waals surface area contributed by atoms with Gasteiger partial charge in [-0.25, -0.2) is 0 Å². The van der Waals surface area contributed by atoms with E-state index in [9.17, 15) is 9.59 Å². The van der Waals surface area contributed by atoms with Crippen molar-refractivity contribution in [3.05, 3.63) is 59.7 Å². The summed E-state index contributed by atoms with van der Waals surface area (Å²) in [6.45, 7) is 4.54. The molecule has 2 aromatic carbocycles. The molecule has 0 aliphatic rings.